The number of aryl methyl sites for hydroxylation is 1. The first kappa shape index (κ1) is 13.5. The third kappa shape index (κ3) is 2.42. The minimum absolute atomic E-state index is 0.0106. The summed E-state index contributed by atoms with van der Waals surface area (Å²) in [7, 11) is -6.95. The second-order valence-corrected chi connectivity index (χ2v) is 8.94. The van der Waals surface area contributed by atoms with Gasteiger partial charge < -0.3 is 0 Å². The summed E-state index contributed by atoms with van der Waals surface area (Å²) in [6, 6.07) is 3.52. The van der Waals surface area contributed by atoms with E-state index in [4.69, 9.17) is 0 Å². The van der Waals surface area contributed by atoms with Crippen molar-refractivity contribution in [2.24, 2.45) is 0 Å². The van der Waals surface area contributed by atoms with E-state index in [0.717, 1.165) is 6.07 Å². The summed E-state index contributed by atoms with van der Waals surface area (Å²) in [6.07, 6.45) is 0.112. The molecule has 0 N–H and O–H groups in total. The smallest absolute Gasteiger partial charge is 0.182 e. The largest absolute Gasteiger partial charge is 0.229 e. The van der Waals surface area contributed by atoms with Crippen molar-refractivity contribution in [3.63, 3.8) is 0 Å². The van der Waals surface area contributed by atoms with Crippen molar-refractivity contribution in [1.29, 1.82) is 0 Å². The molecule has 1 aromatic rings. The summed E-state index contributed by atoms with van der Waals surface area (Å²) in [5.74, 6) is -0.920. The molecule has 0 radical (unpaired) electrons. The summed E-state index contributed by atoms with van der Waals surface area (Å²) < 4.78 is 60.1. The lowest BCUT2D eigenvalue weighted by atomic mass is 10.2. The zero-order chi connectivity index (χ0) is 13.6. The van der Waals surface area contributed by atoms with Crippen LogP contribution in [0.4, 0.5) is 4.39 Å². The first-order valence-corrected chi connectivity index (χ1v) is 8.80. The van der Waals surface area contributed by atoms with Crippen molar-refractivity contribution in [2.45, 2.75) is 23.5 Å². The highest BCUT2D eigenvalue weighted by Crippen LogP contribution is 2.26. The molecule has 7 heteroatoms. The predicted molar refractivity (Wildman–Crippen MR) is 65.4 cm³/mol. The molecule has 1 fully saturated rings. The molecule has 100 valence electrons. The maximum Gasteiger partial charge on any atom is 0.182 e. The van der Waals surface area contributed by atoms with Crippen molar-refractivity contribution in [3.8, 4) is 0 Å². The first-order valence-electron chi connectivity index (χ1n) is 5.43. The molecule has 0 aliphatic carbocycles. The van der Waals surface area contributed by atoms with Gasteiger partial charge in [0.1, 0.15) is 5.82 Å². The first-order chi connectivity index (χ1) is 8.22. The van der Waals surface area contributed by atoms with E-state index in [9.17, 15) is 21.2 Å². The number of hydrogen-bond acceptors (Lipinski definition) is 4. The standard InChI is InChI=1S/C11H13FO4S2/c1-8-6-9(2-3-11(8)12)18(15,16)10-4-5-17(13,14)7-10/h2-3,6,10H,4-5,7H2,1H3. The lowest BCUT2D eigenvalue weighted by Crippen LogP contribution is -2.22. The molecule has 1 unspecified atom stereocenters. The summed E-state index contributed by atoms with van der Waals surface area (Å²) in [5, 5.41) is -0.910. The van der Waals surface area contributed by atoms with E-state index in [2.05, 4.69) is 0 Å². The Kier molecular flexibility index (Phi) is 3.23. The van der Waals surface area contributed by atoms with Gasteiger partial charge in [0.25, 0.3) is 0 Å². The van der Waals surface area contributed by atoms with E-state index in [1.807, 2.05) is 0 Å². The molecule has 0 aromatic heterocycles. The molecule has 0 amide bonds. The molecule has 1 saturated heterocycles. The highest BCUT2D eigenvalue weighted by molar-refractivity contribution is 7.96. The van der Waals surface area contributed by atoms with Crippen LogP contribution < -0.4 is 0 Å². The summed E-state index contributed by atoms with van der Waals surface area (Å²) in [6.45, 7) is 1.47. The Balaban J connectivity index is 2.40. The fraction of sp³-hybridized carbons (Fsp3) is 0.455. The zero-order valence-corrected chi connectivity index (χ0v) is 11.4. The van der Waals surface area contributed by atoms with Gasteiger partial charge in [-0.25, -0.2) is 21.2 Å². The Morgan fingerprint density at radius 1 is 1.33 bits per heavy atom. The zero-order valence-electron chi connectivity index (χ0n) is 9.76. The molecule has 18 heavy (non-hydrogen) atoms. The van der Waals surface area contributed by atoms with Gasteiger partial charge in [0.15, 0.2) is 19.7 Å². The fourth-order valence-corrected chi connectivity index (χ4v) is 6.44. The lowest BCUT2D eigenvalue weighted by molar-refractivity contribution is 0.580. The van der Waals surface area contributed by atoms with E-state index in [0.29, 0.717) is 0 Å². The summed E-state index contributed by atoms with van der Waals surface area (Å²) in [5.41, 5.74) is 0.233. The summed E-state index contributed by atoms with van der Waals surface area (Å²) >= 11 is 0. The minimum Gasteiger partial charge on any atom is -0.229 e. The van der Waals surface area contributed by atoms with Gasteiger partial charge in [-0.3, -0.25) is 0 Å². The Morgan fingerprint density at radius 3 is 2.50 bits per heavy atom. The van der Waals surface area contributed by atoms with E-state index in [1.165, 1.54) is 19.1 Å². The maximum absolute atomic E-state index is 13.1. The maximum atomic E-state index is 13.1. The average molecular weight is 292 g/mol. The molecule has 0 bridgehead atoms. The van der Waals surface area contributed by atoms with Crippen LogP contribution in [0.25, 0.3) is 0 Å². The van der Waals surface area contributed by atoms with E-state index < -0.39 is 30.7 Å². The van der Waals surface area contributed by atoms with Crippen molar-refractivity contribution < 1.29 is 21.2 Å². The van der Waals surface area contributed by atoms with Crippen molar-refractivity contribution >= 4 is 19.7 Å². The Labute approximate surface area is 106 Å². The van der Waals surface area contributed by atoms with Crippen LogP contribution in [0.5, 0.6) is 0 Å². The molecule has 1 heterocycles. The second-order valence-electron chi connectivity index (χ2n) is 4.48. The summed E-state index contributed by atoms with van der Waals surface area (Å²) in [4.78, 5) is -0.0106. The van der Waals surface area contributed by atoms with Gasteiger partial charge in [0.05, 0.1) is 21.7 Å². The molecule has 1 atom stereocenters. The third-order valence-corrected chi connectivity index (χ3v) is 7.26. The molecular formula is C11H13FO4S2. The van der Waals surface area contributed by atoms with Crippen molar-refractivity contribution in [3.05, 3.63) is 29.6 Å². The number of hydrogen-bond donors (Lipinski definition) is 0. The molecule has 0 spiro atoms. The number of rotatable bonds is 2. The Morgan fingerprint density at radius 2 is 2.00 bits per heavy atom. The van der Waals surface area contributed by atoms with Crippen LogP contribution in [-0.2, 0) is 19.7 Å². The van der Waals surface area contributed by atoms with Crippen LogP contribution >= 0.6 is 0 Å². The minimum atomic E-state index is -3.69. The number of halogens is 1. The van der Waals surface area contributed by atoms with E-state index in [1.54, 1.807) is 0 Å². The normalized spacial score (nSPS) is 23.1. The molecular weight excluding hydrogens is 279 g/mol. The van der Waals surface area contributed by atoms with Gasteiger partial charge in [0, 0.05) is 0 Å². The lowest BCUT2D eigenvalue weighted by Gasteiger charge is -2.10. The van der Waals surface area contributed by atoms with E-state index >= 15 is 0 Å². The second kappa shape index (κ2) is 4.31. The van der Waals surface area contributed by atoms with Gasteiger partial charge in [-0.05, 0) is 37.1 Å². The van der Waals surface area contributed by atoms with Crippen LogP contribution in [0.2, 0.25) is 0 Å². The van der Waals surface area contributed by atoms with Crippen LogP contribution in [-0.4, -0.2) is 33.6 Å². The Hall–Kier alpha value is -0.950. The van der Waals surface area contributed by atoms with Crippen LogP contribution in [0.1, 0.15) is 12.0 Å². The van der Waals surface area contributed by atoms with Crippen LogP contribution in [0.3, 0.4) is 0 Å². The van der Waals surface area contributed by atoms with Crippen LogP contribution in [0.15, 0.2) is 23.1 Å². The van der Waals surface area contributed by atoms with Crippen molar-refractivity contribution in [2.75, 3.05) is 11.5 Å². The van der Waals surface area contributed by atoms with Gasteiger partial charge in [-0.15, -0.1) is 0 Å². The van der Waals surface area contributed by atoms with Gasteiger partial charge in [-0.1, -0.05) is 0 Å². The highest BCUT2D eigenvalue weighted by atomic mass is 32.2. The highest BCUT2D eigenvalue weighted by Gasteiger charge is 2.38. The molecule has 1 aliphatic rings. The number of sulfone groups is 2. The average Bonchev–Trinajstić information content (AvgIpc) is 2.63. The molecule has 1 aromatic carbocycles. The van der Waals surface area contributed by atoms with Gasteiger partial charge in [-0.2, -0.15) is 0 Å². The predicted octanol–water partition coefficient (Wildman–Crippen LogP) is 1.09. The molecule has 4 nitrogen and oxygen atoms in total. The molecule has 2 rings (SSSR count). The SMILES string of the molecule is Cc1cc(S(=O)(=O)C2CCS(=O)(=O)C2)ccc1F. The molecule has 1 aliphatic heterocycles. The topological polar surface area (TPSA) is 68.3 Å². The third-order valence-electron chi connectivity index (χ3n) is 3.09. The monoisotopic (exact) mass is 292 g/mol. The van der Waals surface area contributed by atoms with Gasteiger partial charge >= 0.3 is 0 Å². The Bertz CT molecular complexity index is 677. The van der Waals surface area contributed by atoms with E-state index in [-0.39, 0.29) is 28.4 Å². The quantitative estimate of drug-likeness (QED) is 0.765. The fourth-order valence-electron chi connectivity index (χ4n) is 1.99. The van der Waals surface area contributed by atoms with Crippen molar-refractivity contribution in [1.82, 2.24) is 0 Å². The van der Waals surface area contributed by atoms with Crippen LogP contribution in [0, 0.1) is 12.7 Å². The number of benzene rings is 1. The molecule has 0 saturated carbocycles. The van der Waals surface area contributed by atoms with Gasteiger partial charge in [0.2, 0.25) is 0 Å².